The summed E-state index contributed by atoms with van der Waals surface area (Å²) in [6.07, 6.45) is -0.381. The summed E-state index contributed by atoms with van der Waals surface area (Å²) >= 11 is 0. The SMILES string of the molecule is Cc1cc(F)ccc1CN(C)CC(O)CN1CCOCC1. The molecule has 2 rings (SSSR count). The second kappa shape index (κ2) is 7.84. The van der Waals surface area contributed by atoms with E-state index < -0.39 is 0 Å². The van der Waals surface area contributed by atoms with Crippen molar-refractivity contribution in [3.8, 4) is 0 Å². The monoisotopic (exact) mass is 296 g/mol. The molecule has 1 fully saturated rings. The van der Waals surface area contributed by atoms with Crippen LogP contribution in [0.1, 0.15) is 11.1 Å². The van der Waals surface area contributed by atoms with Gasteiger partial charge in [0.2, 0.25) is 0 Å². The largest absolute Gasteiger partial charge is 0.390 e. The van der Waals surface area contributed by atoms with Crippen LogP contribution >= 0.6 is 0 Å². The molecule has 0 saturated carbocycles. The molecule has 1 saturated heterocycles. The number of aliphatic hydroxyl groups excluding tert-OH is 1. The van der Waals surface area contributed by atoms with E-state index in [9.17, 15) is 9.50 Å². The van der Waals surface area contributed by atoms with Crippen molar-refractivity contribution in [2.75, 3.05) is 46.4 Å². The lowest BCUT2D eigenvalue weighted by molar-refractivity contribution is 0.00824. The minimum atomic E-state index is -0.381. The fraction of sp³-hybridized carbons (Fsp3) is 0.625. The molecule has 1 N–H and O–H groups in total. The first kappa shape index (κ1) is 16.4. The van der Waals surface area contributed by atoms with Gasteiger partial charge in [-0.2, -0.15) is 0 Å². The van der Waals surface area contributed by atoms with Gasteiger partial charge in [-0.1, -0.05) is 6.07 Å². The molecule has 5 heteroatoms. The first-order valence-electron chi connectivity index (χ1n) is 7.46. The van der Waals surface area contributed by atoms with Crippen LogP contribution in [0, 0.1) is 12.7 Å². The van der Waals surface area contributed by atoms with Crippen molar-refractivity contribution in [2.45, 2.75) is 19.6 Å². The Morgan fingerprint density at radius 2 is 2.10 bits per heavy atom. The third kappa shape index (κ3) is 5.36. The fourth-order valence-corrected chi connectivity index (χ4v) is 2.69. The molecule has 1 heterocycles. The second-order valence-corrected chi connectivity index (χ2v) is 5.83. The van der Waals surface area contributed by atoms with Crippen LogP contribution < -0.4 is 0 Å². The molecule has 1 aliphatic heterocycles. The van der Waals surface area contributed by atoms with Crippen LogP contribution in [0.3, 0.4) is 0 Å². The van der Waals surface area contributed by atoms with Crippen LogP contribution in [-0.2, 0) is 11.3 Å². The van der Waals surface area contributed by atoms with Crippen molar-refractivity contribution in [1.29, 1.82) is 0 Å². The molecule has 0 aromatic heterocycles. The Balaban J connectivity index is 1.78. The number of halogens is 1. The summed E-state index contributed by atoms with van der Waals surface area (Å²) in [5.74, 6) is -0.203. The predicted octanol–water partition coefficient (Wildman–Crippen LogP) is 1.26. The van der Waals surface area contributed by atoms with E-state index in [1.807, 2.05) is 20.0 Å². The normalized spacial score (nSPS) is 18.1. The van der Waals surface area contributed by atoms with Gasteiger partial charge in [0.1, 0.15) is 5.82 Å². The van der Waals surface area contributed by atoms with Gasteiger partial charge >= 0.3 is 0 Å². The molecule has 4 nitrogen and oxygen atoms in total. The van der Waals surface area contributed by atoms with Gasteiger partial charge in [-0.25, -0.2) is 4.39 Å². The maximum atomic E-state index is 13.1. The Morgan fingerprint density at radius 3 is 2.76 bits per heavy atom. The summed E-state index contributed by atoms with van der Waals surface area (Å²) in [7, 11) is 1.98. The Kier molecular flexibility index (Phi) is 6.11. The van der Waals surface area contributed by atoms with Gasteiger partial charge in [0.25, 0.3) is 0 Å². The van der Waals surface area contributed by atoms with Gasteiger partial charge in [-0.05, 0) is 37.2 Å². The van der Waals surface area contributed by atoms with E-state index in [1.165, 1.54) is 6.07 Å². The van der Waals surface area contributed by atoms with E-state index in [1.54, 1.807) is 6.07 Å². The van der Waals surface area contributed by atoms with Crippen LogP contribution in [0.4, 0.5) is 4.39 Å². The molecule has 21 heavy (non-hydrogen) atoms. The number of hydrogen-bond acceptors (Lipinski definition) is 4. The third-order valence-electron chi connectivity index (χ3n) is 3.84. The lowest BCUT2D eigenvalue weighted by atomic mass is 10.1. The summed E-state index contributed by atoms with van der Waals surface area (Å²) in [6.45, 7) is 7.18. The standard InChI is InChI=1S/C16H25FN2O2/c1-13-9-15(17)4-3-14(13)10-18(2)11-16(20)12-19-5-7-21-8-6-19/h3-4,9,16,20H,5-8,10-12H2,1-2H3. The van der Waals surface area contributed by atoms with Crippen molar-refractivity contribution < 1.29 is 14.2 Å². The molecule has 1 unspecified atom stereocenters. The maximum Gasteiger partial charge on any atom is 0.123 e. The Hall–Kier alpha value is -1.01. The van der Waals surface area contributed by atoms with Crippen LogP contribution in [0.15, 0.2) is 18.2 Å². The highest BCUT2D eigenvalue weighted by atomic mass is 19.1. The van der Waals surface area contributed by atoms with Gasteiger partial charge < -0.3 is 9.84 Å². The molecule has 1 aliphatic rings. The van der Waals surface area contributed by atoms with Crippen molar-refractivity contribution in [3.63, 3.8) is 0 Å². The zero-order chi connectivity index (χ0) is 15.2. The number of aryl methyl sites for hydroxylation is 1. The average molecular weight is 296 g/mol. The number of ether oxygens (including phenoxy) is 1. The Labute approximate surface area is 126 Å². The van der Waals surface area contributed by atoms with E-state index in [0.29, 0.717) is 19.6 Å². The summed E-state index contributed by atoms with van der Waals surface area (Å²) in [5, 5.41) is 10.2. The Morgan fingerprint density at radius 1 is 1.38 bits per heavy atom. The number of aliphatic hydroxyl groups is 1. The summed E-state index contributed by atoms with van der Waals surface area (Å²) in [5.41, 5.74) is 2.04. The number of morpholine rings is 1. The van der Waals surface area contributed by atoms with E-state index in [0.717, 1.165) is 37.4 Å². The van der Waals surface area contributed by atoms with Gasteiger partial charge in [-0.15, -0.1) is 0 Å². The van der Waals surface area contributed by atoms with E-state index in [-0.39, 0.29) is 11.9 Å². The lowest BCUT2D eigenvalue weighted by Gasteiger charge is -2.30. The molecular weight excluding hydrogens is 271 g/mol. The van der Waals surface area contributed by atoms with Crippen LogP contribution in [-0.4, -0.2) is 67.5 Å². The first-order chi connectivity index (χ1) is 10.0. The number of rotatable bonds is 6. The summed E-state index contributed by atoms with van der Waals surface area (Å²) < 4.78 is 18.4. The van der Waals surface area contributed by atoms with Crippen molar-refractivity contribution in [1.82, 2.24) is 9.80 Å². The minimum Gasteiger partial charge on any atom is -0.390 e. The third-order valence-corrected chi connectivity index (χ3v) is 3.84. The highest BCUT2D eigenvalue weighted by molar-refractivity contribution is 5.26. The molecule has 0 amide bonds. The number of benzene rings is 1. The summed E-state index contributed by atoms with van der Waals surface area (Å²) in [4.78, 5) is 4.30. The van der Waals surface area contributed by atoms with Crippen molar-refractivity contribution >= 4 is 0 Å². The van der Waals surface area contributed by atoms with Gasteiger partial charge in [0, 0.05) is 32.7 Å². The van der Waals surface area contributed by atoms with Gasteiger partial charge in [0.05, 0.1) is 19.3 Å². The smallest absolute Gasteiger partial charge is 0.123 e. The number of hydrogen-bond donors (Lipinski definition) is 1. The highest BCUT2D eigenvalue weighted by Gasteiger charge is 2.16. The van der Waals surface area contributed by atoms with Crippen LogP contribution in [0.2, 0.25) is 0 Å². The molecule has 1 atom stereocenters. The van der Waals surface area contributed by atoms with Gasteiger partial charge in [-0.3, -0.25) is 9.80 Å². The van der Waals surface area contributed by atoms with E-state index >= 15 is 0 Å². The quantitative estimate of drug-likeness (QED) is 0.857. The second-order valence-electron chi connectivity index (χ2n) is 5.83. The fourth-order valence-electron chi connectivity index (χ4n) is 2.69. The average Bonchev–Trinajstić information content (AvgIpc) is 2.43. The van der Waals surface area contributed by atoms with Crippen molar-refractivity contribution in [3.05, 3.63) is 35.1 Å². The number of nitrogens with zero attached hydrogens (tertiary/aromatic N) is 2. The molecule has 1 aromatic rings. The summed E-state index contributed by atoms with van der Waals surface area (Å²) in [6, 6.07) is 4.85. The molecule has 1 aromatic carbocycles. The van der Waals surface area contributed by atoms with Gasteiger partial charge in [0.15, 0.2) is 0 Å². The van der Waals surface area contributed by atoms with Crippen LogP contribution in [0.5, 0.6) is 0 Å². The topological polar surface area (TPSA) is 35.9 Å². The lowest BCUT2D eigenvalue weighted by Crippen LogP contribution is -2.44. The predicted molar refractivity (Wildman–Crippen MR) is 80.7 cm³/mol. The van der Waals surface area contributed by atoms with Crippen molar-refractivity contribution in [2.24, 2.45) is 0 Å². The molecule has 0 bridgehead atoms. The highest BCUT2D eigenvalue weighted by Crippen LogP contribution is 2.12. The zero-order valence-corrected chi connectivity index (χ0v) is 12.9. The van der Waals surface area contributed by atoms with E-state index in [4.69, 9.17) is 4.74 Å². The minimum absolute atomic E-state index is 0.203. The molecular formula is C16H25FN2O2. The van der Waals surface area contributed by atoms with Crippen LogP contribution in [0.25, 0.3) is 0 Å². The van der Waals surface area contributed by atoms with E-state index in [2.05, 4.69) is 9.80 Å². The Bertz CT molecular complexity index is 450. The number of likely N-dealkylation sites (N-methyl/N-ethyl adjacent to an activating group) is 1. The number of β-amino-alcohol motifs (C(OH)–C–C–N with tert-alkyl or cyclic N) is 1. The maximum absolute atomic E-state index is 13.1. The molecule has 0 radical (unpaired) electrons. The molecule has 0 aliphatic carbocycles. The first-order valence-corrected chi connectivity index (χ1v) is 7.46. The molecule has 0 spiro atoms. The zero-order valence-electron chi connectivity index (χ0n) is 12.9. The molecule has 118 valence electrons.